The molecule has 1 N–H and O–H groups in total. The third-order valence-corrected chi connectivity index (χ3v) is 4.84. The van der Waals surface area contributed by atoms with Gasteiger partial charge >= 0.3 is 6.18 Å². The number of halogens is 3. The summed E-state index contributed by atoms with van der Waals surface area (Å²) in [5.41, 5.74) is -0.0776. The van der Waals surface area contributed by atoms with Gasteiger partial charge in [0, 0.05) is 12.1 Å². The number of carbonyl (C=O) groups is 1. The van der Waals surface area contributed by atoms with Gasteiger partial charge in [-0.15, -0.1) is 0 Å². The number of rotatable bonds is 3. The van der Waals surface area contributed by atoms with Gasteiger partial charge in [-0.25, -0.2) is 0 Å². The van der Waals surface area contributed by atoms with Crippen LogP contribution in [0.2, 0.25) is 0 Å². The van der Waals surface area contributed by atoms with Crippen molar-refractivity contribution in [1.29, 1.82) is 0 Å². The number of hydrogen-bond donors (Lipinski definition) is 1. The highest BCUT2D eigenvalue weighted by molar-refractivity contribution is 5.94. The van der Waals surface area contributed by atoms with Crippen molar-refractivity contribution in [2.75, 3.05) is 20.1 Å². The van der Waals surface area contributed by atoms with Gasteiger partial charge < -0.3 is 10.2 Å². The van der Waals surface area contributed by atoms with Gasteiger partial charge in [0.25, 0.3) is 5.91 Å². The largest absolute Gasteiger partial charge is 0.416 e. The van der Waals surface area contributed by atoms with Crippen LogP contribution < -0.4 is 5.32 Å². The van der Waals surface area contributed by atoms with Crippen molar-refractivity contribution in [3.63, 3.8) is 0 Å². The Bertz CT molecular complexity index is 759. The van der Waals surface area contributed by atoms with Crippen molar-refractivity contribution in [2.24, 2.45) is 0 Å². The number of hydrogen-bond acceptors (Lipinski definition) is 2. The molecule has 0 aromatic heterocycles. The molecule has 1 aliphatic rings. The number of amides is 1. The molecule has 1 amide bonds. The fourth-order valence-electron chi connectivity index (χ4n) is 3.54. The summed E-state index contributed by atoms with van der Waals surface area (Å²) in [6.07, 6.45) is -2.70. The highest BCUT2D eigenvalue weighted by Crippen LogP contribution is 2.32. The number of piperidine rings is 1. The van der Waals surface area contributed by atoms with Gasteiger partial charge in [0.05, 0.1) is 11.1 Å². The van der Waals surface area contributed by atoms with Gasteiger partial charge in [-0.2, -0.15) is 13.2 Å². The standard InChI is InChI=1S/C20H21F3N2O/c1-25-13-5-12-19(14-25,16-6-3-2-4-7-16)24-18(26)15-8-10-17(11-9-15)20(21,22)23/h2-4,6-11H,5,12-14H2,1H3,(H,24,26)/t19-/m0/s1. The van der Waals surface area contributed by atoms with E-state index in [9.17, 15) is 18.0 Å². The molecule has 0 aliphatic carbocycles. The van der Waals surface area contributed by atoms with E-state index in [4.69, 9.17) is 0 Å². The van der Waals surface area contributed by atoms with Gasteiger partial charge in [-0.05, 0) is 56.3 Å². The number of alkyl halides is 3. The molecule has 3 rings (SSSR count). The molecule has 1 aliphatic heterocycles. The van der Waals surface area contributed by atoms with E-state index in [0.717, 1.165) is 37.1 Å². The Hall–Kier alpha value is -2.34. The Morgan fingerprint density at radius 1 is 1.08 bits per heavy atom. The first-order valence-electron chi connectivity index (χ1n) is 8.54. The maximum Gasteiger partial charge on any atom is 0.416 e. The van der Waals surface area contributed by atoms with E-state index in [1.54, 1.807) is 0 Å². The second-order valence-corrected chi connectivity index (χ2v) is 6.82. The normalized spacial score (nSPS) is 21.4. The Kier molecular flexibility index (Phi) is 5.05. The molecule has 138 valence electrons. The maximum atomic E-state index is 12.7. The molecule has 0 bridgehead atoms. The molecule has 1 heterocycles. The predicted octanol–water partition coefficient (Wildman–Crippen LogP) is 4.06. The molecule has 2 aromatic rings. The van der Waals surface area contributed by atoms with E-state index >= 15 is 0 Å². The molecule has 2 aromatic carbocycles. The minimum absolute atomic E-state index is 0.224. The maximum absolute atomic E-state index is 12.7. The summed E-state index contributed by atoms with van der Waals surface area (Å²) in [6, 6.07) is 14.1. The molecule has 0 spiro atoms. The lowest BCUT2D eigenvalue weighted by Crippen LogP contribution is -2.55. The minimum atomic E-state index is -4.41. The van der Waals surface area contributed by atoms with Crippen LogP contribution in [-0.2, 0) is 11.7 Å². The molecular weight excluding hydrogens is 341 g/mol. The average Bonchev–Trinajstić information content (AvgIpc) is 2.62. The highest BCUT2D eigenvalue weighted by Gasteiger charge is 2.37. The first-order chi connectivity index (χ1) is 12.3. The Morgan fingerprint density at radius 3 is 2.31 bits per heavy atom. The van der Waals surface area contributed by atoms with Gasteiger partial charge in [0.15, 0.2) is 0 Å². The lowest BCUT2D eigenvalue weighted by molar-refractivity contribution is -0.137. The fraction of sp³-hybridized carbons (Fsp3) is 0.350. The molecule has 1 fully saturated rings. The fourth-order valence-corrected chi connectivity index (χ4v) is 3.54. The third-order valence-electron chi connectivity index (χ3n) is 4.84. The van der Waals surface area contributed by atoms with Crippen molar-refractivity contribution in [3.8, 4) is 0 Å². The SMILES string of the molecule is CN1CCC[C@@](NC(=O)c2ccc(C(F)(F)F)cc2)(c2ccccc2)C1. The zero-order valence-electron chi connectivity index (χ0n) is 14.5. The number of nitrogens with zero attached hydrogens (tertiary/aromatic N) is 1. The van der Waals surface area contributed by atoms with Crippen LogP contribution in [0.4, 0.5) is 13.2 Å². The van der Waals surface area contributed by atoms with Crippen molar-refractivity contribution in [2.45, 2.75) is 24.6 Å². The average molecular weight is 362 g/mol. The molecule has 26 heavy (non-hydrogen) atoms. The Morgan fingerprint density at radius 2 is 1.73 bits per heavy atom. The number of carbonyl (C=O) groups excluding carboxylic acids is 1. The van der Waals surface area contributed by atoms with Crippen LogP contribution in [0.3, 0.4) is 0 Å². The quantitative estimate of drug-likeness (QED) is 0.893. The first-order valence-corrected chi connectivity index (χ1v) is 8.54. The highest BCUT2D eigenvalue weighted by atomic mass is 19.4. The summed E-state index contributed by atoms with van der Waals surface area (Å²) in [6.45, 7) is 1.61. The van der Waals surface area contributed by atoms with Gasteiger partial charge in [-0.1, -0.05) is 30.3 Å². The first kappa shape index (κ1) is 18.5. The molecule has 0 radical (unpaired) electrons. The monoisotopic (exact) mass is 362 g/mol. The zero-order chi connectivity index (χ0) is 18.8. The van der Waals surface area contributed by atoms with Gasteiger partial charge in [0.2, 0.25) is 0 Å². The van der Waals surface area contributed by atoms with Crippen LogP contribution in [-0.4, -0.2) is 30.9 Å². The van der Waals surface area contributed by atoms with Gasteiger partial charge in [0.1, 0.15) is 0 Å². The molecule has 3 nitrogen and oxygen atoms in total. The summed E-state index contributed by atoms with van der Waals surface area (Å²) in [5.74, 6) is -0.363. The Labute approximate surface area is 150 Å². The van der Waals surface area contributed by atoms with Gasteiger partial charge in [-0.3, -0.25) is 4.79 Å². The van der Waals surface area contributed by atoms with Crippen LogP contribution >= 0.6 is 0 Å². The molecule has 1 saturated heterocycles. The van der Waals surface area contributed by atoms with E-state index < -0.39 is 17.3 Å². The summed E-state index contributed by atoms with van der Waals surface area (Å²) in [4.78, 5) is 14.9. The van der Waals surface area contributed by atoms with Crippen LogP contribution in [0.25, 0.3) is 0 Å². The molecule has 1 atom stereocenters. The van der Waals surface area contributed by atoms with E-state index in [0.29, 0.717) is 6.54 Å². The number of benzene rings is 2. The van der Waals surface area contributed by atoms with Crippen LogP contribution in [0, 0.1) is 0 Å². The summed E-state index contributed by atoms with van der Waals surface area (Å²) < 4.78 is 38.1. The summed E-state index contributed by atoms with van der Waals surface area (Å²) in [7, 11) is 2.00. The van der Waals surface area contributed by atoms with E-state index in [-0.39, 0.29) is 11.5 Å². The predicted molar refractivity (Wildman–Crippen MR) is 93.8 cm³/mol. The van der Waals surface area contributed by atoms with Crippen molar-refractivity contribution in [1.82, 2.24) is 10.2 Å². The zero-order valence-corrected chi connectivity index (χ0v) is 14.5. The van der Waals surface area contributed by atoms with Crippen LogP contribution in [0.1, 0.15) is 34.3 Å². The second kappa shape index (κ2) is 7.11. The number of likely N-dealkylation sites (N-methyl/N-ethyl adjacent to an activating group) is 1. The summed E-state index contributed by atoms with van der Waals surface area (Å²) in [5, 5.41) is 3.09. The van der Waals surface area contributed by atoms with E-state index in [2.05, 4.69) is 10.2 Å². The molecule has 0 saturated carbocycles. The van der Waals surface area contributed by atoms with E-state index in [1.807, 2.05) is 37.4 Å². The number of likely N-dealkylation sites (tertiary alicyclic amines) is 1. The van der Waals surface area contributed by atoms with Crippen LogP contribution in [0.5, 0.6) is 0 Å². The Balaban J connectivity index is 1.86. The van der Waals surface area contributed by atoms with Crippen molar-refractivity contribution in [3.05, 3.63) is 71.3 Å². The lowest BCUT2D eigenvalue weighted by Gasteiger charge is -2.42. The second-order valence-electron chi connectivity index (χ2n) is 6.82. The lowest BCUT2D eigenvalue weighted by atomic mass is 9.82. The van der Waals surface area contributed by atoms with Crippen molar-refractivity contribution < 1.29 is 18.0 Å². The number of nitrogens with one attached hydrogen (secondary N) is 1. The molecule has 0 unspecified atom stereocenters. The smallest absolute Gasteiger partial charge is 0.341 e. The van der Waals surface area contributed by atoms with Crippen molar-refractivity contribution >= 4 is 5.91 Å². The topological polar surface area (TPSA) is 32.3 Å². The third kappa shape index (κ3) is 3.90. The molecule has 6 heteroatoms. The minimum Gasteiger partial charge on any atom is -0.341 e. The molecular formula is C20H21F3N2O. The van der Waals surface area contributed by atoms with Crippen LogP contribution in [0.15, 0.2) is 54.6 Å². The summed E-state index contributed by atoms with van der Waals surface area (Å²) >= 11 is 0. The van der Waals surface area contributed by atoms with E-state index in [1.165, 1.54) is 12.1 Å².